The van der Waals surface area contributed by atoms with Crippen LogP contribution in [0.5, 0.6) is 5.75 Å². The molecular formula is C24H26N2O. The van der Waals surface area contributed by atoms with Crippen LogP contribution in [0, 0.1) is 5.92 Å². The fraction of sp³-hybridized carbons (Fsp3) is 0.333. The molecule has 3 N–H and O–H groups in total. The first-order valence-electron chi connectivity index (χ1n) is 10.1. The molecule has 0 amide bonds. The number of aromatic hydroxyl groups is 1. The molecule has 3 nitrogen and oxygen atoms in total. The van der Waals surface area contributed by atoms with Gasteiger partial charge in [0.15, 0.2) is 0 Å². The molecule has 3 aromatic rings. The van der Waals surface area contributed by atoms with Crippen LogP contribution in [-0.2, 0) is 12.8 Å². The van der Waals surface area contributed by atoms with Gasteiger partial charge < -0.3 is 15.4 Å². The molecule has 0 bridgehead atoms. The van der Waals surface area contributed by atoms with Crippen molar-refractivity contribution < 1.29 is 5.11 Å². The van der Waals surface area contributed by atoms with Gasteiger partial charge in [-0.25, -0.2) is 0 Å². The Hall–Kier alpha value is -2.52. The number of aromatic nitrogens is 1. The number of fused-ring (bicyclic) bond motifs is 3. The molecule has 5 rings (SSSR count). The number of H-pyrrole nitrogens is 1. The van der Waals surface area contributed by atoms with Crippen molar-refractivity contribution in [3.63, 3.8) is 0 Å². The van der Waals surface area contributed by atoms with E-state index in [9.17, 15) is 5.11 Å². The number of hydrogen-bond donors (Lipinski definition) is 3. The Bertz CT molecular complexity index is 986. The Morgan fingerprint density at radius 3 is 2.85 bits per heavy atom. The van der Waals surface area contributed by atoms with Crippen molar-refractivity contribution in [1.29, 1.82) is 0 Å². The average Bonchev–Trinajstić information content (AvgIpc) is 3.06. The summed E-state index contributed by atoms with van der Waals surface area (Å²) >= 11 is 0. The molecule has 0 saturated carbocycles. The Morgan fingerprint density at radius 2 is 1.96 bits per heavy atom. The largest absolute Gasteiger partial charge is 0.508 e. The highest BCUT2D eigenvalue weighted by atomic mass is 16.3. The highest BCUT2D eigenvalue weighted by Gasteiger charge is 2.27. The van der Waals surface area contributed by atoms with E-state index in [1.165, 1.54) is 40.6 Å². The fourth-order valence-electron chi connectivity index (χ4n) is 4.92. The summed E-state index contributed by atoms with van der Waals surface area (Å²) in [7, 11) is 0. The lowest BCUT2D eigenvalue weighted by Gasteiger charge is -2.31. The number of aryl methyl sites for hydroxylation is 1. The Morgan fingerprint density at radius 1 is 1.07 bits per heavy atom. The first-order valence-corrected chi connectivity index (χ1v) is 10.1. The van der Waals surface area contributed by atoms with Crippen LogP contribution in [0.4, 0.5) is 0 Å². The van der Waals surface area contributed by atoms with Crippen molar-refractivity contribution in [3.8, 4) is 5.75 Å². The summed E-state index contributed by atoms with van der Waals surface area (Å²) in [5, 5.41) is 14.8. The standard InChI is InChI=1S/C24H26N2O/c27-18-9-10-20-21-13-16(8-11-22(21)26-24(20)15-18)14-23-19(7-4-12-25-23)17-5-2-1-3-6-17/h1-3,5-7,9-10,15-16,23,25-27H,4,8,11-14H2. The van der Waals surface area contributed by atoms with Gasteiger partial charge in [-0.3, -0.25) is 0 Å². The molecule has 1 aromatic heterocycles. The molecule has 2 heterocycles. The molecule has 0 fully saturated rings. The quantitative estimate of drug-likeness (QED) is 0.629. The molecule has 2 aliphatic rings. The number of rotatable bonds is 3. The van der Waals surface area contributed by atoms with Crippen molar-refractivity contribution in [2.45, 2.75) is 38.1 Å². The molecule has 0 radical (unpaired) electrons. The summed E-state index contributed by atoms with van der Waals surface area (Å²) in [6.45, 7) is 1.07. The number of benzene rings is 2. The first-order chi connectivity index (χ1) is 13.3. The average molecular weight is 358 g/mol. The van der Waals surface area contributed by atoms with Gasteiger partial charge in [0.1, 0.15) is 5.75 Å². The van der Waals surface area contributed by atoms with Crippen molar-refractivity contribution in [2.24, 2.45) is 5.92 Å². The minimum absolute atomic E-state index is 0.335. The van der Waals surface area contributed by atoms with Crippen LogP contribution < -0.4 is 5.32 Å². The number of aromatic amines is 1. The summed E-state index contributed by atoms with van der Waals surface area (Å²) in [6.07, 6.45) is 8.19. The van der Waals surface area contributed by atoms with Gasteiger partial charge in [-0.1, -0.05) is 36.4 Å². The zero-order valence-corrected chi connectivity index (χ0v) is 15.5. The monoisotopic (exact) mass is 358 g/mol. The second-order valence-corrected chi connectivity index (χ2v) is 7.98. The molecule has 2 aromatic carbocycles. The van der Waals surface area contributed by atoms with Crippen LogP contribution in [0.2, 0.25) is 0 Å². The Labute approximate surface area is 160 Å². The molecule has 2 unspecified atom stereocenters. The third kappa shape index (κ3) is 3.17. The van der Waals surface area contributed by atoms with Crippen molar-refractivity contribution in [2.75, 3.05) is 6.54 Å². The maximum atomic E-state index is 9.76. The van der Waals surface area contributed by atoms with Gasteiger partial charge in [0, 0.05) is 28.7 Å². The molecule has 1 aliphatic carbocycles. The second kappa shape index (κ2) is 6.90. The third-order valence-corrected chi connectivity index (χ3v) is 6.22. The van der Waals surface area contributed by atoms with Crippen molar-refractivity contribution >= 4 is 16.5 Å². The van der Waals surface area contributed by atoms with E-state index in [1.807, 2.05) is 6.07 Å². The summed E-state index contributed by atoms with van der Waals surface area (Å²) in [5.41, 5.74) is 6.72. The predicted octanol–water partition coefficient (Wildman–Crippen LogP) is 4.81. The highest BCUT2D eigenvalue weighted by molar-refractivity contribution is 5.86. The van der Waals surface area contributed by atoms with E-state index in [0.29, 0.717) is 17.7 Å². The zero-order chi connectivity index (χ0) is 18.2. The van der Waals surface area contributed by atoms with E-state index in [0.717, 1.165) is 31.3 Å². The summed E-state index contributed by atoms with van der Waals surface area (Å²) in [5.74, 6) is 1.02. The number of nitrogens with one attached hydrogen (secondary N) is 2. The lowest BCUT2D eigenvalue weighted by molar-refractivity contribution is 0.383. The van der Waals surface area contributed by atoms with E-state index in [4.69, 9.17) is 0 Å². The Balaban J connectivity index is 1.38. The fourth-order valence-corrected chi connectivity index (χ4v) is 4.92. The van der Waals surface area contributed by atoms with Crippen molar-refractivity contribution in [1.82, 2.24) is 10.3 Å². The molecule has 3 heteroatoms. The van der Waals surface area contributed by atoms with Gasteiger partial charge in [-0.15, -0.1) is 0 Å². The van der Waals surface area contributed by atoms with E-state index < -0.39 is 0 Å². The van der Waals surface area contributed by atoms with Crippen LogP contribution in [0.25, 0.3) is 16.5 Å². The summed E-state index contributed by atoms with van der Waals surface area (Å²) in [4.78, 5) is 3.53. The molecule has 138 valence electrons. The lowest BCUT2D eigenvalue weighted by atomic mass is 9.80. The molecule has 1 aliphatic heterocycles. The normalized spacial score (nSPS) is 22.4. The minimum Gasteiger partial charge on any atom is -0.508 e. The van der Waals surface area contributed by atoms with E-state index in [1.54, 1.807) is 6.07 Å². The minimum atomic E-state index is 0.335. The van der Waals surface area contributed by atoms with Crippen LogP contribution in [-0.4, -0.2) is 22.7 Å². The van der Waals surface area contributed by atoms with E-state index in [2.05, 4.69) is 52.8 Å². The summed E-state index contributed by atoms with van der Waals surface area (Å²) < 4.78 is 0. The SMILES string of the molecule is Oc1ccc2c3c([nH]c2c1)CCC(CC1NCCC=C1c1ccccc1)C3. The number of phenolic OH excluding ortho intramolecular Hbond substituents is 1. The van der Waals surface area contributed by atoms with Gasteiger partial charge in [0.05, 0.1) is 0 Å². The topological polar surface area (TPSA) is 48.0 Å². The van der Waals surface area contributed by atoms with Crippen LogP contribution in [0.15, 0.2) is 54.6 Å². The van der Waals surface area contributed by atoms with Gasteiger partial charge in [-0.05, 0) is 73.4 Å². The van der Waals surface area contributed by atoms with Gasteiger partial charge in [-0.2, -0.15) is 0 Å². The molecule has 0 saturated heterocycles. The lowest BCUT2D eigenvalue weighted by Crippen LogP contribution is -2.36. The number of hydrogen-bond acceptors (Lipinski definition) is 2. The Kier molecular flexibility index (Phi) is 4.25. The molecule has 0 spiro atoms. The molecule has 2 atom stereocenters. The van der Waals surface area contributed by atoms with Crippen LogP contribution in [0.3, 0.4) is 0 Å². The third-order valence-electron chi connectivity index (χ3n) is 6.22. The second-order valence-electron chi connectivity index (χ2n) is 7.98. The first kappa shape index (κ1) is 16.6. The molecular weight excluding hydrogens is 332 g/mol. The maximum Gasteiger partial charge on any atom is 0.117 e. The van der Waals surface area contributed by atoms with Gasteiger partial charge in [0.2, 0.25) is 0 Å². The predicted molar refractivity (Wildman–Crippen MR) is 111 cm³/mol. The van der Waals surface area contributed by atoms with Crippen LogP contribution in [0.1, 0.15) is 36.1 Å². The highest BCUT2D eigenvalue weighted by Crippen LogP contribution is 2.36. The number of phenols is 1. The van der Waals surface area contributed by atoms with Crippen LogP contribution >= 0.6 is 0 Å². The van der Waals surface area contributed by atoms with E-state index >= 15 is 0 Å². The summed E-state index contributed by atoms with van der Waals surface area (Å²) in [6, 6.07) is 17.0. The zero-order valence-electron chi connectivity index (χ0n) is 15.5. The van der Waals surface area contributed by atoms with E-state index in [-0.39, 0.29) is 0 Å². The smallest absolute Gasteiger partial charge is 0.117 e. The van der Waals surface area contributed by atoms with Gasteiger partial charge in [0.25, 0.3) is 0 Å². The van der Waals surface area contributed by atoms with Crippen molar-refractivity contribution in [3.05, 3.63) is 71.4 Å². The maximum absolute atomic E-state index is 9.76. The molecule has 27 heavy (non-hydrogen) atoms. The van der Waals surface area contributed by atoms with Gasteiger partial charge >= 0.3 is 0 Å².